The first kappa shape index (κ1) is 22.0. The van der Waals surface area contributed by atoms with Crippen molar-refractivity contribution in [3.05, 3.63) is 76.1 Å². The van der Waals surface area contributed by atoms with Gasteiger partial charge >= 0.3 is 0 Å². The van der Waals surface area contributed by atoms with Crippen molar-refractivity contribution in [2.24, 2.45) is 0 Å². The average molecular weight is 474 g/mol. The Morgan fingerprint density at radius 3 is 2.51 bits per heavy atom. The van der Waals surface area contributed by atoms with Crippen molar-refractivity contribution in [1.29, 1.82) is 0 Å². The lowest BCUT2D eigenvalue weighted by Gasteiger charge is -2.44. The molecule has 2 fully saturated rings. The van der Waals surface area contributed by atoms with Gasteiger partial charge in [0, 0.05) is 75.5 Å². The summed E-state index contributed by atoms with van der Waals surface area (Å²) in [5.74, 6) is -0.150. The van der Waals surface area contributed by atoms with Gasteiger partial charge in [-0.15, -0.1) is 0 Å². The predicted molar refractivity (Wildman–Crippen MR) is 134 cm³/mol. The minimum atomic E-state index is -0.230. The number of rotatable bonds is 3. The van der Waals surface area contributed by atoms with Gasteiger partial charge in [0.2, 0.25) is 5.56 Å². The number of allylic oxidation sites excluding steroid dienone is 1. The number of benzene rings is 1. The number of ketones is 1. The molecule has 2 aliphatic heterocycles. The van der Waals surface area contributed by atoms with Crippen LogP contribution in [0.3, 0.4) is 0 Å². The third-order valence-corrected chi connectivity index (χ3v) is 7.60. The number of carbonyl (C=O) groups excluding carboxylic acids is 1. The summed E-state index contributed by atoms with van der Waals surface area (Å²) in [5, 5.41) is 0.571. The van der Waals surface area contributed by atoms with Crippen LogP contribution in [0.1, 0.15) is 24.1 Å². The molecule has 0 unspecified atom stereocenters. The van der Waals surface area contributed by atoms with E-state index >= 15 is 0 Å². The summed E-state index contributed by atoms with van der Waals surface area (Å²) in [4.78, 5) is 38.7. The number of piperazine rings is 1. The fourth-order valence-electron chi connectivity index (χ4n) is 5.77. The van der Waals surface area contributed by atoms with Gasteiger partial charge in [0.1, 0.15) is 5.82 Å². The third kappa shape index (κ3) is 4.12. The first-order chi connectivity index (χ1) is 17.1. The molecule has 3 aromatic rings. The Morgan fingerprint density at radius 1 is 0.914 bits per heavy atom. The van der Waals surface area contributed by atoms with Gasteiger partial charge in [0.15, 0.2) is 5.78 Å². The van der Waals surface area contributed by atoms with Crippen LogP contribution >= 0.6 is 0 Å². The normalized spacial score (nSPS) is 19.7. The van der Waals surface area contributed by atoms with Crippen LogP contribution in [0, 0.1) is 5.82 Å². The summed E-state index contributed by atoms with van der Waals surface area (Å²) in [5.41, 5.74) is 4.13. The summed E-state index contributed by atoms with van der Waals surface area (Å²) in [7, 11) is 0. The number of hydrogen-bond acceptors (Lipinski definition) is 6. The van der Waals surface area contributed by atoms with Crippen molar-refractivity contribution in [3.63, 3.8) is 0 Å². The summed E-state index contributed by atoms with van der Waals surface area (Å²) in [6.45, 7) is 5.31. The molecule has 35 heavy (non-hydrogen) atoms. The fraction of sp³-hybridized carbons (Fsp3) is 0.370. The summed E-state index contributed by atoms with van der Waals surface area (Å²) >= 11 is 0. The van der Waals surface area contributed by atoms with E-state index in [4.69, 9.17) is 0 Å². The SMILES string of the molecule is O=C1C=C(N2CCN(C3CCN(c4ccc(F)c5cccnc45)CC3)CC2)c2[nH]c(=O)ccc2C1. The van der Waals surface area contributed by atoms with Crippen LogP contribution in [0.15, 0.2) is 53.5 Å². The number of carbonyl (C=O) groups is 1. The molecule has 0 bridgehead atoms. The van der Waals surface area contributed by atoms with Crippen LogP contribution in [0.2, 0.25) is 0 Å². The Morgan fingerprint density at radius 2 is 1.71 bits per heavy atom. The van der Waals surface area contributed by atoms with Crippen LogP contribution in [0.25, 0.3) is 16.6 Å². The van der Waals surface area contributed by atoms with E-state index in [-0.39, 0.29) is 17.2 Å². The number of piperidine rings is 1. The number of aromatic amines is 1. The maximum Gasteiger partial charge on any atom is 0.248 e. The number of hydrogen-bond donors (Lipinski definition) is 1. The molecule has 8 heteroatoms. The zero-order valence-corrected chi connectivity index (χ0v) is 19.5. The van der Waals surface area contributed by atoms with Gasteiger partial charge in [0.25, 0.3) is 0 Å². The Labute approximate surface area is 202 Å². The Hall–Kier alpha value is -3.52. The topological polar surface area (TPSA) is 72.5 Å². The van der Waals surface area contributed by atoms with Crippen molar-refractivity contribution in [3.8, 4) is 0 Å². The molecule has 4 heterocycles. The summed E-state index contributed by atoms with van der Waals surface area (Å²) in [6.07, 6.45) is 5.84. The zero-order chi connectivity index (χ0) is 23.9. The molecule has 1 aliphatic carbocycles. The van der Waals surface area contributed by atoms with Crippen LogP contribution in [0.4, 0.5) is 10.1 Å². The van der Waals surface area contributed by atoms with Gasteiger partial charge in [-0.1, -0.05) is 6.07 Å². The highest BCUT2D eigenvalue weighted by Crippen LogP contribution is 2.31. The quantitative estimate of drug-likeness (QED) is 0.631. The van der Waals surface area contributed by atoms with Crippen molar-refractivity contribution in [2.45, 2.75) is 25.3 Å². The lowest BCUT2D eigenvalue weighted by Crippen LogP contribution is -2.53. The van der Waals surface area contributed by atoms with Crippen LogP contribution in [-0.2, 0) is 11.2 Å². The molecule has 3 aliphatic rings. The van der Waals surface area contributed by atoms with Crippen molar-refractivity contribution in [1.82, 2.24) is 19.8 Å². The highest BCUT2D eigenvalue weighted by molar-refractivity contribution is 6.01. The standard InChI is InChI=1S/C27H28FN5O2/c28-22-4-5-23(27-21(22)2-1-9-29-27)32-10-7-19(8-11-32)31-12-14-33(15-13-31)24-17-20(34)16-18-3-6-25(35)30-26(18)24/h1-6,9,17,19H,7-8,10-16H2,(H,30,35). The molecular weight excluding hydrogens is 445 g/mol. The number of anilines is 1. The third-order valence-electron chi connectivity index (χ3n) is 7.60. The van der Waals surface area contributed by atoms with Gasteiger partial charge in [-0.3, -0.25) is 19.5 Å². The van der Waals surface area contributed by atoms with Crippen molar-refractivity contribution < 1.29 is 9.18 Å². The molecule has 0 amide bonds. The number of nitrogens with zero attached hydrogens (tertiary/aromatic N) is 4. The summed E-state index contributed by atoms with van der Waals surface area (Å²) in [6, 6.07) is 10.7. The van der Waals surface area contributed by atoms with E-state index in [0.29, 0.717) is 17.8 Å². The maximum absolute atomic E-state index is 14.2. The van der Waals surface area contributed by atoms with Gasteiger partial charge in [0.05, 0.1) is 22.6 Å². The zero-order valence-electron chi connectivity index (χ0n) is 19.5. The minimum Gasteiger partial charge on any atom is -0.370 e. The molecule has 1 aromatic carbocycles. The van der Waals surface area contributed by atoms with E-state index in [2.05, 4.69) is 24.7 Å². The Bertz CT molecular complexity index is 1370. The molecule has 2 aromatic heterocycles. The van der Waals surface area contributed by atoms with Gasteiger partial charge in [-0.25, -0.2) is 4.39 Å². The molecule has 1 N–H and O–H groups in total. The number of H-pyrrole nitrogens is 1. The molecular formula is C27H28FN5O2. The number of nitrogens with one attached hydrogen (secondary N) is 1. The molecule has 2 saturated heterocycles. The number of pyridine rings is 2. The number of fused-ring (bicyclic) bond motifs is 2. The van der Waals surface area contributed by atoms with Crippen LogP contribution < -0.4 is 10.5 Å². The first-order valence-electron chi connectivity index (χ1n) is 12.3. The molecule has 180 valence electrons. The number of halogens is 1. The predicted octanol–water partition coefficient (Wildman–Crippen LogP) is 2.81. The van der Waals surface area contributed by atoms with E-state index < -0.39 is 0 Å². The van der Waals surface area contributed by atoms with Crippen molar-refractivity contribution in [2.75, 3.05) is 44.2 Å². The van der Waals surface area contributed by atoms with E-state index in [1.807, 2.05) is 6.07 Å². The fourth-order valence-corrected chi connectivity index (χ4v) is 5.77. The number of aromatic nitrogens is 2. The molecule has 0 saturated carbocycles. The second-order valence-electron chi connectivity index (χ2n) is 9.60. The smallest absolute Gasteiger partial charge is 0.248 e. The maximum atomic E-state index is 14.2. The van der Waals surface area contributed by atoms with E-state index in [1.54, 1.807) is 36.5 Å². The second kappa shape index (κ2) is 8.92. The Kier molecular flexibility index (Phi) is 5.60. The van der Waals surface area contributed by atoms with E-state index in [0.717, 1.165) is 80.3 Å². The minimum absolute atomic E-state index is 0.0807. The molecule has 6 rings (SSSR count). The highest BCUT2D eigenvalue weighted by Gasteiger charge is 2.30. The molecule has 0 atom stereocenters. The highest BCUT2D eigenvalue weighted by atomic mass is 19.1. The van der Waals surface area contributed by atoms with E-state index in [1.165, 1.54) is 6.07 Å². The lowest BCUT2D eigenvalue weighted by atomic mass is 9.97. The Balaban J connectivity index is 1.10. The van der Waals surface area contributed by atoms with Crippen LogP contribution in [0.5, 0.6) is 0 Å². The van der Waals surface area contributed by atoms with Gasteiger partial charge in [-0.05, 0) is 42.7 Å². The molecule has 7 nitrogen and oxygen atoms in total. The van der Waals surface area contributed by atoms with E-state index in [9.17, 15) is 14.0 Å². The van der Waals surface area contributed by atoms with Gasteiger partial charge < -0.3 is 14.8 Å². The molecule has 0 radical (unpaired) electrons. The monoisotopic (exact) mass is 473 g/mol. The largest absolute Gasteiger partial charge is 0.370 e. The van der Waals surface area contributed by atoms with Crippen molar-refractivity contribution >= 4 is 28.1 Å². The summed E-state index contributed by atoms with van der Waals surface area (Å²) < 4.78 is 14.2. The second-order valence-corrected chi connectivity index (χ2v) is 9.60. The molecule has 0 spiro atoms. The van der Waals surface area contributed by atoms with Crippen LogP contribution in [-0.4, -0.2) is 70.9 Å². The lowest BCUT2D eigenvalue weighted by molar-refractivity contribution is -0.114. The first-order valence-corrected chi connectivity index (χ1v) is 12.3. The average Bonchev–Trinajstić information content (AvgIpc) is 2.89. The van der Waals surface area contributed by atoms with Gasteiger partial charge in [-0.2, -0.15) is 0 Å².